The van der Waals surface area contributed by atoms with Crippen molar-refractivity contribution in [2.75, 3.05) is 12.9 Å². The fourth-order valence-corrected chi connectivity index (χ4v) is 1.86. The molecule has 1 aromatic carbocycles. The first kappa shape index (κ1) is 12.4. The Labute approximate surface area is 97.2 Å². The predicted molar refractivity (Wildman–Crippen MR) is 67.9 cm³/mol. The number of thioether (sulfide) groups is 1. The van der Waals surface area contributed by atoms with Crippen LogP contribution in [-0.2, 0) is 0 Å². The third-order valence-electron chi connectivity index (χ3n) is 2.31. The van der Waals surface area contributed by atoms with Gasteiger partial charge in [0.25, 0.3) is 0 Å². The van der Waals surface area contributed by atoms with Crippen molar-refractivity contribution in [3.05, 3.63) is 24.3 Å². The standard InChI is InChI=1S/C13H20OS/c1-3-4-5-6-10-14-12-8-7-9-13(11-12)15-2/h7-9,11H,3-6,10H2,1-2H3. The van der Waals surface area contributed by atoms with Gasteiger partial charge in [0.2, 0.25) is 0 Å². The molecule has 0 spiro atoms. The van der Waals surface area contributed by atoms with Crippen molar-refractivity contribution in [3.63, 3.8) is 0 Å². The van der Waals surface area contributed by atoms with Crippen molar-refractivity contribution in [2.45, 2.75) is 37.5 Å². The number of rotatable bonds is 7. The van der Waals surface area contributed by atoms with Crippen molar-refractivity contribution in [1.29, 1.82) is 0 Å². The molecule has 2 heteroatoms. The Kier molecular flexibility index (Phi) is 6.33. The molecule has 0 fully saturated rings. The SMILES string of the molecule is CCCCCCOc1cccc(SC)c1. The lowest BCUT2D eigenvalue weighted by Crippen LogP contribution is -1.96. The molecule has 0 saturated carbocycles. The van der Waals surface area contributed by atoms with Gasteiger partial charge in [-0.25, -0.2) is 0 Å². The summed E-state index contributed by atoms with van der Waals surface area (Å²) in [6, 6.07) is 8.28. The molecule has 0 heterocycles. The summed E-state index contributed by atoms with van der Waals surface area (Å²) in [5.74, 6) is 0.998. The van der Waals surface area contributed by atoms with Gasteiger partial charge in [0, 0.05) is 4.90 Å². The van der Waals surface area contributed by atoms with Crippen LogP contribution in [0.1, 0.15) is 32.6 Å². The second-order valence-electron chi connectivity index (χ2n) is 3.59. The Bertz CT molecular complexity index is 273. The van der Waals surface area contributed by atoms with Crippen LogP contribution in [0.3, 0.4) is 0 Å². The van der Waals surface area contributed by atoms with Gasteiger partial charge in [0.1, 0.15) is 5.75 Å². The molecule has 1 aromatic rings. The van der Waals surface area contributed by atoms with E-state index in [2.05, 4.69) is 25.3 Å². The maximum atomic E-state index is 5.68. The van der Waals surface area contributed by atoms with E-state index in [1.165, 1.54) is 24.2 Å². The minimum Gasteiger partial charge on any atom is -0.494 e. The fraction of sp³-hybridized carbons (Fsp3) is 0.538. The summed E-state index contributed by atoms with van der Waals surface area (Å²) in [6.45, 7) is 3.07. The van der Waals surface area contributed by atoms with Crippen LogP contribution in [0.25, 0.3) is 0 Å². The monoisotopic (exact) mass is 224 g/mol. The van der Waals surface area contributed by atoms with Gasteiger partial charge in [0.05, 0.1) is 6.61 Å². The molecule has 0 aliphatic heterocycles. The zero-order chi connectivity index (χ0) is 10.9. The number of benzene rings is 1. The normalized spacial score (nSPS) is 10.3. The van der Waals surface area contributed by atoms with E-state index < -0.39 is 0 Å². The fourth-order valence-electron chi connectivity index (χ4n) is 1.41. The minimum absolute atomic E-state index is 0.845. The van der Waals surface area contributed by atoms with E-state index in [0.717, 1.165) is 18.8 Å². The van der Waals surface area contributed by atoms with E-state index in [1.54, 1.807) is 11.8 Å². The Balaban J connectivity index is 2.24. The maximum Gasteiger partial charge on any atom is 0.120 e. The van der Waals surface area contributed by atoms with Crippen molar-refractivity contribution in [1.82, 2.24) is 0 Å². The van der Waals surface area contributed by atoms with E-state index in [0.29, 0.717) is 0 Å². The van der Waals surface area contributed by atoms with Crippen LogP contribution in [-0.4, -0.2) is 12.9 Å². The first-order valence-corrected chi connectivity index (χ1v) is 6.86. The summed E-state index contributed by atoms with van der Waals surface area (Å²) in [6.07, 6.45) is 7.12. The molecule has 0 N–H and O–H groups in total. The van der Waals surface area contributed by atoms with Crippen molar-refractivity contribution >= 4 is 11.8 Å². The first-order chi connectivity index (χ1) is 7.36. The summed E-state index contributed by atoms with van der Waals surface area (Å²) in [5.41, 5.74) is 0. The number of hydrogen-bond donors (Lipinski definition) is 0. The van der Waals surface area contributed by atoms with Gasteiger partial charge in [-0.15, -0.1) is 11.8 Å². The molecule has 0 amide bonds. The highest BCUT2D eigenvalue weighted by Gasteiger charge is 1.95. The van der Waals surface area contributed by atoms with E-state index in [4.69, 9.17) is 4.74 Å². The van der Waals surface area contributed by atoms with E-state index in [-0.39, 0.29) is 0 Å². The van der Waals surface area contributed by atoms with Gasteiger partial charge >= 0.3 is 0 Å². The molecular weight excluding hydrogens is 204 g/mol. The van der Waals surface area contributed by atoms with Gasteiger partial charge in [-0.1, -0.05) is 32.3 Å². The van der Waals surface area contributed by atoms with Crippen LogP contribution in [0.5, 0.6) is 5.75 Å². The third-order valence-corrected chi connectivity index (χ3v) is 3.03. The molecule has 0 atom stereocenters. The highest BCUT2D eigenvalue weighted by Crippen LogP contribution is 2.20. The quantitative estimate of drug-likeness (QED) is 0.502. The van der Waals surface area contributed by atoms with Crippen LogP contribution < -0.4 is 4.74 Å². The van der Waals surface area contributed by atoms with E-state index >= 15 is 0 Å². The van der Waals surface area contributed by atoms with Crippen molar-refractivity contribution in [2.24, 2.45) is 0 Å². The molecule has 0 unspecified atom stereocenters. The lowest BCUT2D eigenvalue weighted by atomic mass is 10.2. The number of unbranched alkanes of at least 4 members (excludes halogenated alkanes) is 3. The minimum atomic E-state index is 0.845. The maximum absolute atomic E-state index is 5.68. The highest BCUT2D eigenvalue weighted by atomic mass is 32.2. The zero-order valence-electron chi connectivity index (χ0n) is 9.66. The Morgan fingerprint density at radius 3 is 2.80 bits per heavy atom. The van der Waals surface area contributed by atoms with Gasteiger partial charge in [0.15, 0.2) is 0 Å². The molecule has 1 nitrogen and oxygen atoms in total. The number of hydrogen-bond acceptors (Lipinski definition) is 2. The average molecular weight is 224 g/mol. The largest absolute Gasteiger partial charge is 0.494 e. The molecule has 0 bridgehead atoms. The van der Waals surface area contributed by atoms with Gasteiger partial charge in [-0.05, 0) is 30.9 Å². The van der Waals surface area contributed by atoms with Crippen LogP contribution in [0, 0.1) is 0 Å². The van der Waals surface area contributed by atoms with Crippen LogP contribution in [0.15, 0.2) is 29.2 Å². The molecule has 0 aliphatic rings. The average Bonchev–Trinajstić information content (AvgIpc) is 2.29. The Hall–Kier alpha value is -0.630. The summed E-state index contributed by atoms with van der Waals surface area (Å²) in [4.78, 5) is 1.26. The predicted octanol–water partition coefficient (Wildman–Crippen LogP) is 4.37. The molecule has 0 radical (unpaired) electrons. The van der Waals surface area contributed by atoms with Crippen molar-refractivity contribution in [3.8, 4) is 5.75 Å². The lowest BCUT2D eigenvalue weighted by Gasteiger charge is -2.06. The molecule has 0 saturated heterocycles. The van der Waals surface area contributed by atoms with Crippen LogP contribution >= 0.6 is 11.8 Å². The van der Waals surface area contributed by atoms with Crippen LogP contribution in [0.4, 0.5) is 0 Å². The summed E-state index contributed by atoms with van der Waals surface area (Å²) in [7, 11) is 0. The molecule has 1 rings (SSSR count). The van der Waals surface area contributed by atoms with Crippen LogP contribution in [0.2, 0.25) is 0 Å². The zero-order valence-corrected chi connectivity index (χ0v) is 10.5. The highest BCUT2D eigenvalue weighted by molar-refractivity contribution is 7.98. The second-order valence-corrected chi connectivity index (χ2v) is 4.47. The van der Waals surface area contributed by atoms with Crippen molar-refractivity contribution < 1.29 is 4.74 Å². The first-order valence-electron chi connectivity index (χ1n) is 5.63. The Morgan fingerprint density at radius 1 is 1.20 bits per heavy atom. The number of ether oxygens (including phenoxy) is 1. The second kappa shape index (κ2) is 7.63. The molecule has 0 aliphatic carbocycles. The smallest absolute Gasteiger partial charge is 0.120 e. The van der Waals surface area contributed by atoms with Gasteiger partial charge in [-0.2, -0.15) is 0 Å². The summed E-state index contributed by atoms with van der Waals surface area (Å²) >= 11 is 1.75. The summed E-state index contributed by atoms with van der Waals surface area (Å²) in [5, 5.41) is 0. The molecule has 84 valence electrons. The summed E-state index contributed by atoms with van der Waals surface area (Å²) < 4.78 is 5.68. The Morgan fingerprint density at radius 2 is 2.07 bits per heavy atom. The van der Waals surface area contributed by atoms with E-state index in [1.807, 2.05) is 12.1 Å². The van der Waals surface area contributed by atoms with E-state index in [9.17, 15) is 0 Å². The topological polar surface area (TPSA) is 9.23 Å². The van der Waals surface area contributed by atoms with Gasteiger partial charge < -0.3 is 4.74 Å². The molecular formula is C13H20OS. The lowest BCUT2D eigenvalue weighted by molar-refractivity contribution is 0.304. The molecule has 15 heavy (non-hydrogen) atoms. The molecule has 0 aromatic heterocycles. The van der Waals surface area contributed by atoms with Gasteiger partial charge in [-0.3, -0.25) is 0 Å². The third kappa shape index (κ3) is 5.12.